The van der Waals surface area contributed by atoms with Crippen molar-refractivity contribution in [2.24, 2.45) is 0 Å². The molecule has 0 aliphatic carbocycles. The lowest BCUT2D eigenvalue weighted by Gasteiger charge is -2.14. The summed E-state index contributed by atoms with van der Waals surface area (Å²) in [5, 5.41) is 11.2. The number of furan rings is 2. The number of hydrogen-bond donors (Lipinski definition) is 0. The zero-order chi connectivity index (χ0) is 40.7. The summed E-state index contributed by atoms with van der Waals surface area (Å²) in [6.45, 7) is 0. The molecule has 0 amide bonds. The van der Waals surface area contributed by atoms with E-state index in [2.05, 4.69) is 170 Å². The maximum Gasteiger partial charge on any atom is 0.164 e. The van der Waals surface area contributed by atoms with E-state index in [1.807, 2.05) is 30.3 Å². The molecule has 288 valence electrons. The summed E-state index contributed by atoms with van der Waals surface area (Å²) < 4.78 is 12.6. The van der Waals surface area contributed by atoms with Crippen molar-refractivity contribution in [3.05, 3.63) is 200 Å². The van der Waals surface area contributed by atoms with Gasteiger partial charge in [-0.25, -0.2) is 15.0 Å². The summed E-state index contributed by atoms with van der Waals surface area (Å²) in [4.78, 5) is 15.8. The van der Waals surface area contributed by atoms with Gasteiger partial charge in [-0.1, -0.05) is 158 Å². The second-order valence-electron chi connectivity index (χ2n) is 15.9. The van der Waals surface area contributed by atoms with Crippen LogP contribution < -0.4 is 0 Å². The Bertz CT molecular complexity index is 3940. The van der Waals surface area contributed by atoms with Crippen molar-refractivity contribution in [1.29, 1.82) is 0 Å². The molecule has 5 nitrogen and oxygen atoms in total. The topological polar surface area (TPSA) is 65.0 Å². The lowest BCUT2D eigenvalue weighted by molar-refractivity contribution is 0.668. The van der Waals surface area contributed by atoms with E-state index in [1.165, 1.54) is 10.8 Å². The minimum atomic E-state index is 0.595. The van der Waals surface area contributed by atoms with Gasteiger partial charge in [-0.05, 0) is 97.0 Å². The van der Waals surface area contributed by atoms with E-state index in [4.69, 9.17) is 23.8 Å². The highest BCUT2D eigenvalue weighted by Gasteiger charge is 2.20. The van der Waals surface area contributed by atoms with Crippen LogP contribution in [0.1, 0.15) is 0 Å². The molecule has 0 N–H and O–H groups in total. The van der Waals surface area contributed by atoms with Gasteiger partial charge in [0.05, 0.1) is 0 Å². The fourth-order valence-electron chi connectivity index (χ4n) is 9.35. The molecular formula is C57H33N3O2. The van der Waals surface area contributed by atoms with Crippen molar-refractivity contribution in [1.82, 2.24) is 15.0 Å². The van der Waals surface area contributed by atoms with Gasteiger partial charge < -0.3 is 8.83 Å². The minimum Gasteiger partial charge on any atom is -0.456 e. The lowest BCUT2D eigenvalue weighted by Crippen LogP contribution is -2.01. The molecule has 5 heteroatoms. The predicted octanol–water partition coefficient (Wildman–Crippen LogP) is 15.5. The lowest BCUT2D eigenvalue weighted by atomic mass is 9.92. The van der Waals surface area contributed by atoms with Crippen LogP contribution in [0.2, 0.25) is 0 Å². The van der Waals surface area contributed by atoms with Gasteiger partial charge in [-0.15, -0.1) is 0 Å². The van der Waals surface area contributed by atoms with Gasteiger partial charge >= 0.3 is 0 Å². The maximum atomic E-state index is 6.31. The molecule has 3 aromatic heterocycles. The molecule has 0 bridgehead atoms. The second kappa shape index (κ2) is 13.6. The SMILES string of the molecule is c1ccc2cc(-c3ccc(-c4nc(-c5ccc6ccc7oc8ccccc8c7c6c5)nc(-c5ccc(-c6cccc7oc8ccccc8c67)c6ccccc56)n4)cc3)ccc2c1. The minimum absolute atomic E-state index is 0.595. The summed E-state index contributed by atoms with van der Waals surface area (Å²) in [5.74, 6) is 1.80. The van der Waals surface area contributed by atoms with Gasteiger partial charge in [0.1, 0.15) is 22.3 Å². The normalized spacial score (nSPS) is 11.9. The van der Waals surface area contributed by atoms with Gasteiger partial charge in [0.25, 0.3) is 0 Å². The molecule has 10 aromatic carbocycles. The molecule has 0 unspecified atom stereocenters. The van der Waals surface area contributed by atoms with Gasteiger partial charge in [0.2, 0.25) is 0 Å². The smallest absolute Gasteiger partial charge is 0.164 e. The Labute approximate surface area is 355 Å². The van der Waals surface area contributed by atoms with Crippen LogP contribution in [0.5, 0.6) is 0 Å². The summed E-state index contributed by atoms with van der Waals surface area (Å²) in [7, 11) is 0. The maximum absolute atomic E-state index is 6.31. The van der Waals surface area contributed by atoms with Crippen LogP contribution in [0.4, 0.5) is 0 Å². The molecule has 13 rings (SSSR count). The fourth-order valence-corrected chi connectivity index (χ4v) is 9.35. The van der Waals surface area contributed by atoms with Crippen LogP contribution in [0.25, 0.3) is 133 Å². The third kappa shape index (κ3) is 5.45. The third-order valence-electron chi connectivity index (χ3n) is 12.3. The zero-order valence-electron chi connectivity index (χ0n) is 33.2. The van der Waals surface area contributed by atoms with Crippen LogP contribution in [0, 0.1) is 0 Å². The van der Waals surface area contributed by atoms with Gasteiger partial charge in [0, 0.05) is 38.2 Å². The molecule has 0 aliphatic rings. The number of hydrogen-bond acceptors (Lipinski definition) is 5. The number of para-hydroxylation sites is 2. The fraction of sp³-hybridized carbons (Fsp3) is 0. The van der Waals surface area contributed by atoms with Crippen molar-refractivity contribution in [2.45, 2.75) is 0 Å². The second-order valence-corrected chi connectivity index (χ2v) is 15.9. The highest BCUT2D eigenvalue weighted by Crippen LogP contribution is 2.42. The van der Waals surface area contributed by atoms with Crippen LogP contribution >= 0.6 is 0 Å². The molecule has 0 radical (unpaired) electrons. The molecule has 0 fully saturated rings. The number of rotatable bonds is 5. The first-order valence-corrected chi connectivity index (χ1v) is 20.8. The van der Waals surface area contributed by atoms with Crippen molar-refractivity contribution in [2.75, 3.05) is 0 Å². The summed E-state index contributed by atoms with van der Waals surface area (Å²) in [6, 6.07) is 69.9. The average molecular weight is 792 g/mol. The largest absolute Gasteiger partial charge is 0.456 e. The van der Waals surface area contributed by atoms with Crippen molar-refractivity contribution in [3.63, 3.8) is 0 Å². The third-order valence-corrected chi connectivity index (χ3v) is 12.3. The van der Waals surface area contributed by atoms with Crippen LogP contribution in [0.15, 0.2) is 209 Å². The van der Waals surface area contributed by atoms with Gasteiger partial charge in [-0.3, -0.25) is 0 Å². The molecule has 0 saturated heterocycles. The van der Waals surface area contributed by atoms with Crippen molar-refractivity contribution >= 4 is 76.2 Å². The Balaban J connectivity index is 1.00. The molecule has 0 atom stereocenters. The quantitative estimate of drug-likeness (QED) is 0.174. The molecule has 13 aromatic rings. The first-order chi connectivity index (χ1) is 30.7. The average Bonchev–Trinajstić information content (AvgIpc) is 3.92. The van der Waals surface area contributed by atoms with E-state index >= 15 is 0 Å². The highest BCUT2D eigenvalue weighted by molar-refractivity contribution is 6.19. The first kappa shape index (κ1) is 34.5. The zero-order valence-corrected chi connectivity index (χ0v) is 33.2. The van der Waals surface area contributed by atoms with Crippen LogP contribution in [0.3, 0.4) is 0 Å². The molecule has 62 heavy (non-hydrogen) atoms. The van der Waals surface area contributed by atoms with E-state index in [1.54, 1.807) is 0 Å². The van der Waals surface area contributed by atoms with Gasteiger partial charge in [0.15, 0.2) is 17.5 Å². The number of benzene rings is 10. The molecule has 0 spiro atoms. The van der Waals surface area contributed by atoms with Crippen molar-refractivity contribution < 1.29 is 8.83 Å². The predicted molar refractivity (Wildman–Crippen MR) is 254 cm³/mol. The Morgan fingerprint density at radius 3 is 1.58 bits per heavy atom. The Kier molecular flexibility index (Phi) is 7.54. The Morgan fingerprint density at radius 1 is 0.258 bits per heavy atom. The van der Waals surface area contributed by atoms with E-state index in [9.17, 15) is 0 Å². The standard InChI is InChI=1S/C57H33N3O2/c1-2-11-38-32-39(26-22-34(38)10-1)35-20-24-37(25-21-35)55-58-56(40-27-23-36-28-31-52-54(48(36)33-40)47-15-6-8-18-50(47)62-52)60-57(59-55)45-30-29-43(41-12-3-4-13-42(41)45)44-16-9-19-51-53(44)46-14-5-7-17-49(46)61-51/h1-33H. The molecular weight excluding hydrogens is 759 g/mol. The van der Waals surface area contributed by atoms with E-state index < -0.39 is 0 Å². The number of aromatic nitrogens is 3. The first-order valence-electron chi connectivity index (χ1n) is 20.8. The van der Waals surface area contributed by atoms with Crippen molar-refractivity contribution in [3.8, 4) is 56.4 Å². The number of fused-ring (bicyclic) bond motifs is 10. The molecule has 0 saturated carbocycles. The van der Waals surface area contributed by atoms with E-state index in [-0.39, 0.29) is 0 Å². The van der Waals surface area contributed by atoms with Gasteiger partial charge in [-0.2, -0.15) is 0 Å². The van der Waals surface area contributed by atoms with Crippen LogP contribution in [-0.2, 0) is 0 Å². The molecule has 0 aliphatic heterocycles. The Morgan fingerprint density at radius 2 is 0.790 bits per heavy atom. The monoisotopic (exact) mass is 791 g/mol. The summed E-state index contributed by atoms with van der Waals surface area (Å²) >= 11 is 0. The number of nitrogens with zero attached hydrogens (tertiary/aromatic N) is 3. The van der Waals surface area contributed by atoms with E-state index in [0.29, 0.717) is 17.5 Å². The van der Waals surface area contributed by atoms with Crippen LogP contribution in [-0.4, -0.2) is 15.0 Å². The molecule has 3 heterocycles. The Hall–Kier alpha value is -8.41. The summed E-state index contributed by atoms with van der Waals surface area (Å²) in [6.07, 6.45) is 0. The summed E-state index contributed by atoms with van der Waals surface area (Å²) in [5.41, 5.74) is 10.7. The van der Waals surface area contributed by atoms with E-state index in [0.717, 1.165) is 104 Å². The highest BCUT2D eigenvalue weighted by atomic mass is 16.3.